The van der Waals surface area contributed by atoms with Crippen LogP contribution in [0, 0.1) is 0 Å². The minimum Gasteiger partial charge on any atom is -0.497 e. The van der Waals surface area contributed by atoms with Crippen LogP contribution in [0.3, 0.4) is 0 Å². The molecular formula is C8H12O4Si. The summed E-state index contributed by atoms with van der Waals surface area (Å²) in [6.07, 6.45) is 0. The van der Waals surface area contributed by atoms with Crippen LogP contribution >= 0.6 is 0 Å². The highest BCUT2D eigenvalue weighted by Gasteiger charge is 2.26. The molecule has 0 spiro atoms. The smallest absolute Gasteiger partial charge is 0.497 e. The lowest BCUT2D eigenvalue weighted by Crippen LogP contribution is -2.37. The fraction of sp³-hybridized carbons (Fsp3) is 0.250. The maximum absolute atomic E-state index is 8.82. The van der Waals surface area contributed by atoms with E-state index in [1.54, 1.807) is 31.4 Å². The Hall–Kier alpha value is -0.883. The Morgan fingerprint density at radius 1 is 1.15 bits per heavy atom. The van der Waals surface area contributed by atoms with Crippen molar-refractivity contribution in [3.63, 3.8) is 0 Å². The molecule has 0 aliphatic heterocycles. The normalized spacial score (nSPS) is 11.4. The van der Waals surface area contributed by atoms with Crippen LogP contribution in [-0.4, -0.2) is 30.3 Å². The van der Waals surface area contributed by atoms with Gasteiger partial charge >= 0.3 is 8.80 Å². The van der Waals surface area contributed by atoms with Crippen LogP contribution in [0.4, 0.5) is 0 Å². The van der Waals surface area contributed by atoms with Gasteiger partial charge in [0.05, 0.1) is 7.11 Å². The Morgan fingerprint density at radius 2 is 1.69 bits per heavy atom. The van der Waals surface area contributed by atoms with E-state index in [9.17, 15) is 0 Å². The molecule has 0 aliphatic carbocycles. The average Bonchev–Trinajstić information content (AvgIpc) is 2.03. The van der Waals surface area contributed by atoms with Crippen molar-refractivity contribution in [3.8, 4) is 5.75 Å². The van der Waals surface area contributed by atoms with Crippen LogP contribution in [0.2, 0.25) is 0 Å². The third kappa shape index (κ3) is 3.56. The number of methoxy groups -OCH3 is 1. The SMILES string of the molecule is COc1ccc(C[Si](O)(O)O)cc1. The Labute approximate surface area is 77.4 Å². The fourth-order valence-corrected chi connectivity index (χ4v) is 1.80. The lowest BCUT2D eigenvalue weighted by Gasteiger charge is -2.09. The second kappa shape index (κ2) is 3.88. The lowest BCUT2D eigenvalue weighted by molar-refractivity contribution is 0.227. The van der Waals surface area contributed by atoms with E-state index in [-0.39, 0.29) is 6.04 Å². The van der Waals surface area contributed by atoms with Crippen molar-refractivity contribution in [2.75, 3.05) is 7.11 Å². The summed E-state index contributed by atoms with van der Waals surface area (Å²) in [5.41, 5.74) is 0.681. The molecule has 0 aromatic heterocycles. The summed E-state index contributed by atoms with van der Waals surface area (Å²) in [6, 6.07) is 6.69. The Balaban J connectivity index is 2.70. The van der Waals surface area contributed by atoms with Gasteiger partial charge in [0.2, 0.25) is 0 Å². The van der Waals surface area contributed by atoms with Crippen LogP contribution in [0.1, 0.15) is 5.56 Å². The highest BCUT2D eigenvalue weighted by molar-refractivity contribution is 6.55. The molecule has 4 nitrogen and oxygen atoms in total. The molecule has 0 saturated heterocycles. The summed E-state index contributed by atoms with van der Waals surface area (Å²) in [5.74, 6) is 0.699. The summed E-state index contributed by atoms with van der Waals surface area (Å²) >= 11 is 0. The Kier molecular flexibility index (Phi) is 3.05. The fourth-order valence-electron chi connectivity index (χ4n) is 1.02. The molecule has 5 heteroatoms. The van der Waals surface area contributed by atoms with Gasteiger partial charge in [-0.1, -0.05) is 12.1 Å². The second-order valence-corrected chi connectivity index (χ2v) is 4.70. The number of hydrogen-bond donors (Lipinski definition) is 3. The Bertz CT molecular complexity index is 264. The molecule has 13 heavy (non-hydrogen) atoms. The highest BCUT2D eigenvalue weighted by Crippen LogP contribution is 2.12. The number of benzene rings is 1. The van der Waals surface area contributed by atoms with E-state index >= 15 is 0 Å². The molecule has 0 radical (unpaired) electrons. The van der Waals surface area contributed by atoms with E-state index in [1.807, 2.05) is 0 Å². The molecule has 0 bridgehead atoms. The van der Waals surface area contributed by atoms with Crippen molar-refractivity contribution in [1.29, 1.82) is 0 Å². The minimum absolute atomic E-state index is 0.0863. The molecule has 0 unspecified atom stereocenters. The van der Waals surface area contributed by atoms with Gasteiger partial charge in [-0.05, 0) is 17.7 Å². The first-order valence-electron chi connectivity index (χ1n) is 3.81. The summed E-state index contributed by atoms with van der Waals surface area (Å²) in [4.78, 5) is 26.4. The van der Waals surface area contributed by atoms with Crippen LogP contribution in [0.25, 0.3) is 0 Å². The van der Waals surface area contributed by atoms with Gasteiger partial charge in [0, 0.05) is 6.04 Å². The van der Waals surface area contributed by atoms with Gasteiger partial charge in [-0.2, -0.15) is 0 Å². The van der Waals surface area contributed by atoms with E-state index in [0.29, 0.717) is 11.3 Å². The first-order valence-corrected chi connectivity index (χ1v) is 5.86. The zero-order chi connectivity index (χ0) is 9.90. The highest BCUT2D eigenvalue weighted by atomic mass is 28.4. The second-order valence-electron chi connectivity index (χ2n) is 2.80. The lowest BCUT2D eigenvalue weighted by atomic mass is 10.2. The van der Waals surface area contributed by atoms with Gasteiger partial charge in [-0.15, -0.1) is 0 Å². The summed E-state index contributed by atoms with van der Waals surface area (Å²) in [6.45, 7) is 0. The van der Waals surface area contributed by atoms with E-state index < -0.39 is 8.80 Å². The minimum atomic E-state index is -3.97. The van der Waals surface area contributed by atoms with Gasteiger partial charge < -0.3 is 19.1 Å². The first-order chi connectivity index (χ1) is 6.01. The molecule has 0 saturated carbocycles. The quantitative estimate of drug-likeness (QED) is 0.586. The average molecular weight is 200 g/mol. The van der Waals surface area contributed by atoms with Crippen molar-refractivity contribution in [3.05, 3.63) is 29.8 Å². The third-order valence-electron chi connectivity index (χ3n) is 1.60. The first kappa shape index (κ1) is 10.2. The van der Waals surface area contributed by atoms with Gasteiger partial charge in [0.1, 0.15) is 5.75 Å². The van der Waals surface area contributed by atoms with Crippen LogP contribution in [-0.2, 0) is 6.04 Å². The van der Waals surface area contributed by atoms with Crippen LogP contribution < -0.4 is 4.74 Å². The summed E-state index contributed by atoms with van der Waals surface area (Å²) in [7, 11) is -2.41. The molecule has 1 aromatic carbocycles. The van der Waals surface area contributed by atoms with Crippen molar-refractivity contribution < 1.29 is 19.1 Å². The van der Waals surface area contributed by atoms with E-state index in [4.69, 9.17) is 19.1 Å². The van der Waals surface area contributed by atoms with Gasteiger partial charge in [-0.25, -0.2) is 0 Å². The van der Waals surface area contributed by atoms with Crippen molar-refractivity contribution in [2.24, 2.45) is 0 Å². The third-order valence-corrected chi connectivity index (χ3v) is 2.48. The number of rotatable bonds is 3. The van der Waals surface area contributed by atoms with E-state index in [1.165, 1.54) is 0 Å². The standard InChI is InChI=1S/C8H12O4Si/c1-12-8-4-2-7(3-5-8)6-13(9,10)11/h2-5,9-11H,6H2,1H3. The zero-order valence-electron chi connectivity index (χ0n) is 7.27. The Morgan fingerprint density at radius 3 is 2.08 bits per heavy atom. The van der Waals surface area contributed by atoms with E-state index in [2.05, 4.69) is 0 Å². The molecule has 0 atom stereocenters. The predicted molar refractivity (Wildman–Crippen MR) is 49.1 cm³/mol. The zero-order valence-corrected chi connectivity index (χ0v) is 8.27. The van der Waals surface area contributed by atoms with Gasteiger partial charge in [0.25, 0.3) is 0 Å². The molecule has 0 fully saturated rings. The van der Waals surface area contributed by atoms with Crippen LogP contribution in [0.5, 0.6) is 5.75 Å². The molecule has 72 valence electrons. The molecule has 0 heterocycles. The summed E-state index contributed by atoms with van der Waals surface area (Å²) in [5, 5.41) is 0. The summed E-state index contributed by atoms with van der Waals surface area (Å²) < 4.78 is 4.92. The molecule has 0 aliphatic rings. The predicted octanol–water partition coefficient (Wildman–Crippen LogP) is -0.307. The van der Waals surface area contributed by atoms with E-state index in [0.717, 1.165) is 0 Å². The van der Waals surface area contributed by atoms with Crippen molar-refractivity contribution in [1.82, 2.24) is 0 Å². The number of ether oxygens (including phenoxy) is 1. The topological polar surface area (TPSA) is 69.9 Å². The maximum atomic E-state index is 8.82. The van der Waals surface area contributed by atoms with Crippen LogP contribution in [0.15, 0.2) is 24.3 Å². The molecular weight excluding hydrogens is 188 g/mol. The molecule has 0 amide bonds. The maximum Gasteiger partial charge on any atom is 0.497 e. The number of hydrogen-bond acceptors (Lipinski definition) is 4. The van der Waals surface area contributed by atoms with Crippen molar-refractivity contribution in [2.45, 2.75) is 6.04 Å². The van der Waals surface area contributed by atoms with Gasteiger partial charge in [-0.3, -0.25) is 0 Å². The molecule has 1 aromatic rings. The van der Waals surface area contributed by atoms with Crippen molar-refractivity contribution >= 4 is 8.80 Å². The molecule has 1 rings (SSSR count). The monoisotopic (exact) mass is 200 g/mol. The molecule has 3 N–H and O–H groups in total. The van der Waals surface area contributed by atoms with Gasteiger partial charge in [0.15, 0.2) is 0 Å². The largest absolute Gasteiger partial charge is 0.497 e.